The second-order valence-corrected chi connectivity index (χ2v) is 10.0. The Morgan fingerprint density at radius 1 is 0.917 bits per heavy atom. The predicted octanol–water partition coefficient (Wildman–Crippen LogP) is 3.59. The first-order valence-electron chi connectivity index (χ1n) is 11.7. The SMILES string of the molecule is O=C(CO[C@H]1C[C@@H](OC(F)(F)F)C1)NC12CCC(c3nnc([C@H]4C[C@@H](OC(F)(F)F)C4)o3)(CC1)OC2. The zero-order valence-electron chi connectivity index (χ0n) is 19.0. The Bertz CT molecular complexity index is 932. The maximum atomic E-state index is 12.4. The van der Waals surface area contributed by atoms with Crippen LogP contribution in [-0.2, 0) is 29.3 Å². The molecule has 2 saturated heterocycles. The van der Waals surface area contributed by atoms with E-state index in [1.54, 1.807) is 0 Å². The number of carbonyl (C=O) groups is 1. The number of carbonyl (C=O) groups excluding carboxylic acids is 1. The molecule has 3 heterocycles. The van der Waals surface area contributed by atoms with Gasteiger partial charge in [-0.25, -0.2) is 0 Å². The Hall–Kier alpha value is -1.97. The quantitative estimate of drug-likeness (QED) is 0.510. The normalized spacial score (nSPS) is 36.3. The fourth-order valence-corrected chi connectivity index (χ4v) is 5.23. The van der Waals surface area contributed by atoms with Crippen LogP contribution in [0, 0.1) is 0 Å². The third kappa shape index (κ3) is 5.63. The largest absolute Gasteiger partial charge is 0.522 e. The Morgan fingerprint density at radius 3 is 2.08 bits per heavy atom. The molecule has 2 bridgehead atoms. The molecular formula is C21H25F6N3O6. The molecule has 1 N–H and O–H groups in total. The number of hydrogen-bond donors (Lipinski definition) is 1. The molecule has 0 radical (unpaired) electrons. The van der Waals surface area contributed by atoms with Crippen molar-refractivity contribution < 1.29 is 54.5 Å². The van der Waals surface area contributed by atoms with Gasteiger partial charge in [-0.1, -0.05) is 0 Å². The van der Waals surface area contributed by atoms with E-state index in [0.29, 0.717) is 25.7 Å². The summed E-state index contributed by atoms with van der Waals surface area (Å²) in [6.07, 6.45) is -9.09. The van der Waals surface area contributed by atoms with E-state index >= 15 is 0 Å². The molecule has 0 spiro atoms. The van der Waals surface area contributed by atoms with Crippen LogP contribution >= 0.6 is 0 Å². The molecule has 0 aromatic carbocycles. The molecule has 202 valence electrons. The molecule has 1 aromatic rings. The smallest absolute Gasteiger partial charge is 0.422 e. The summed E-state index contributed by atoms with van der Waals surface area (Å²) in [5.74, 6) is -0.140. The minimum atomic E-state index is -4.68. The van der Waals surface area contributed by atoms with E-state index in [9.17, 15) is 31.1 Å². The molecule has 0 unspecified atom stereocenters. The molecule has 15 heteroatoms. The average Bonchev–Trinajstić information content (AvgIpc) is 3.22. The van der Waals surface area contributed by atoms with E-state index in [1.165, 1.54) is 0 Å². The number of amides is 1. The zero-order chi connectivity index (χ0) is 25.8. The predicted molar refractivity (Wildman–Crippen MR) is 104 cm³/mol. The van der Waals surface area contributed by atoms with Crippen molar-refractivity contribution in [2.45, 2.75) is 99.5 Å². The van der Waals surface area contributed by atoms with Gasteiger partial charge in [0.1, 0.15) is 12.2 Å². The van der Waals surface area contributed by atoms with Crippen molar-refractivity contribution >= 4 is 5.91 Å². The molecule has 0 atom stereocenters. The summed E-state index contributed by atoms with van der Waals surface area (Å²) >= 11 is 0. The highest BCUT2D eigenvalue weighted by atomic mass is 19.4. The summed E-state index contributed by atoms with van der Waals surface area (Å²) in [7, 11) is 0. The van der Waals surface area contributed by atoms with Crippen molar-refractivity contribution in [3.63, 3.8) is 0 Å². The van der Waals surface area contributed by atoms with Gasteiger partial charge < -0.3 is 19.2 Å². The van der Waals surface area contributed by atoms with Gasteiger partial charge >= 0.3 is 12.7 Å². The monoisotopic (exact) mass is 529 g/mol. The molecule has 1 amide bonds. The van der Waals surface area contributed by atoms with Crippen LogP contribution in [0.2, 0.25) is 0 Å². The number of nitrogens with zero attached hydrogens (tertiary/aromatic N) is 2. The third-order valence-electron chi connectivity index (χ3n) is 7.42. The van der Waals surface area contributed by atoms with E-state index in [1.807, 2.05) is 0 Å². The Morgan fingerprint density at radius 2 is 1.53 bits per heavy atom. The molecule has 3 saturated carbocycles. The number of rotatable bonds is 8. The summed E-state index contributed by atoms with van der Waals surface area (Å²) in [4.78, 5) is 12.4. The Balaban J connectivity index is 1.06. The van der Waals surface area contributed by atoms with Gasteiger partial charge in [-0.3, -0.25) is 14.3 Å². The number of hydrogen-bond acceptors (Lipinski definition) is 8. The van der Waals surface area contributed by atoms with Crippen LogP contribution in [0.1, 0.15) is 69.1 Å². The van der Waals surface area contributed by atoms with E-state index in [-0.39, 0.29) is 62.5 Å². The maximum absolute atomic E-state index is 12.4. The summed E-state index contributed by atoms with van der Waals surface area (Å²) in [6, 6.07) is 0. The molecule has 9 nitrogen and oxygen atoms in total. The van der Waals surface area contributed by atoms with Crippen LogP contribution in [-0.4, -0.2) is 65.9 Å². The second kappa shape index (κ2) is 9.10. The second-order valence-electron chi connectivity index (χ2n) is 10.0. The third-order valence-corrected chi connectivity index (χ3v) is 7.42. The molecule has 36 heavy (non-hydrogen) atoms. The maximum Gasteiger partial charge on any atom is 0.522 e. The van der Waals surface area contributed by atoms with Gasteiger partial charge in [0, 0.05) is 18.8 Å². The van der Waals surface area contributed by atoms with Crippen LogP contribution in [0.4, 0.5) is 26.3 Å². The van der Waals surface area contributed by atoms with E-state index in [4.69, 9.17) is 13.9 Å². The van der Waals surface area contributed by atoms with Gasteiger partial charge in [-0.2, -0.15) is 0 Å². The van der Waals surface area contributed by atoms with Crippen molar-refractivity contribution in [1.82, 2.24) is 15.5 Å². The highest BCUT2D eigenvalue weighted by molar-refractivity contribution is 5.78. The van der Waals surface area contributed by atoms with Crippen LogP contribution in [0.5, 0.6) is 0 Å². The first kappa shape index (κ1) is 25.7. The Kier molecular flexibility index (Phi) is 6.49. The fraction of sp³-hybridized carbons (Fsp3) is 0.857. The van der Waals surface area contributed by atoms with Crippen LogP contribution in [0.25, 0.3) is 0 Å². The van der Waals surface area contributed by atoms with Gasteiger partial charge in [0.05, 0.1) is 30.5 Å². The van der Waals surface area contributed by atoms with Gasteiger partial charge in [-0.15, -0.1) is 36.5 Å². The lowest BCUT2D eigenvalue weighted by molar-refractivity contribution is -0.357. The molecule has 1 aromatic heterocycles. The first-order valence-corrected chi connectivity index (χ1v) is 11.7. The number of alkyl halides is 6. The molecular weight excluding hydrogens is 504 g/mol. The lowest BCUT2D eigenvalue weighted by Gasteiger charge is -2.51. The zero-order valence-corrected chi connectivity index (χ0v) is 19.0. The summed E-state index contributed by atoms with van der Waals surface area (Å²) in [5, 5.41) is 11.0. The van der Waals surface area contributed by atoms with Crippen molar-refractivity contribution in [2.75, 3.05) is 13.2 Å². The topological polar surface area (TPSA) is 105 Å². The van der Waals surface area contributed by atoms with Gasteiger partial charge in [0.25, 0.3) is 0 Å². The van der Waals surface area contributed by atoms with Crippen molar-refractivity contribution in [2.24, 2.45) is 0 Å². The van der Waals surface area contributed by atoms with Crippen molar-refractivity contribution in [3.05, 3.63) is 11.8 Å². The van der Waals surface area contributed by atoms with Gasteiger partial charge in [0.2, 0.25) is 17.7 Å². The molecule has 5 aliphatic rings. The number of halogens is 6. The van der Waals surface area contributed by atoms with Crippen molar-refractivity contribution in [3.8, 4) is 0 Å². The lowest BCUT2D eigenvalue weighted by atomic mass is 9.71. The first-order chi connectivity index (χ1) is 16.8. The van der Waals surface area contributed by atoms with Crippen LogP contribution in [0.3, 0.4) is 0 Å². The molecule has 2 aliphatic heterocycles. The van der Waals surface area contributed by atoms with E-state index in [2.05, 4.69) is 25.0 Å². The summed E-state index contributed by atoms with van der Waals surface area (Å²) < 4.78 is 98.6. The Labute approximate surface area is 201 Å². The summed E-state index contributed by atoms with van der Waals surface area (Å²) in [6.45, 7) is -0.0734. The lowest BCUT2D eigenvalue weighted by Crippen LogP contribution is -2.62. The molecule has 3 aliphatic carbocycles. The average molecular weight is 529 g/mol. The highest BCUT2D eigenvalue weighted by Gasteiger charge is 2.54. The van der Waals surface area contributed by atoms with Crippen LogP contribution < -0.4 is 5.32 Å². The van der Waals surface area contributed by atoms with Gasteiger partial charge in [-0.05, 0) is 38.5 Å². The summed E-state index contributed by atoms with van der Waals surface area (Å²) in [5.41, 5.74) is -1.40. The molecule has 6 rings (SSSR count). The van der Waals surface area contributed by atoms with Crippen LogP contribution in [0.15, 0.2) is 4.42 Å². The number of nitrogens with one attached hydrogen (secondary N) is 1. The van der Waals surface area contributed by atoms with E-state index < -0.39 is 42.2 Å². The number of aromatic nitrogens is 2. The highest BCUT2D eigenvalue weighted by Crippen LogP contribution is 2.50. The standard InChI is InChI=1S/C21H25F6N3O6/c22-20(23,24)35-13-5-11(6-13)16-29-30-17(34-16)19-3-1-18(2-4-19,10-33-19)28-15(31)9-32-12-7-14(8-12)36-21(25,26)27/h11-14H,1-10H2,(H,28,31)/t11-,12-,13+,14+,18?,19?. The minimum Gasteiger partial charge on any atom is -0.422 e. The molecule has 5 fully saturated rings. The van der Waals surface area contributed by atoms with Crippen molar-refractivity contribution in [1.29, 1.82) is 0 Å². The minimum absolute atomic E-state index is 0.0760. The van der Waals surface area contributed by atoms with Gasteiger partial charge in [0.15, 0.2) is 0 Å². The number of ether oxygens (including phenoxy) is 4. The number of fused-ring (bicyclic) bond motifs is 3. The van der Waals surface area contributed by atoms with E-state index in [0.717, 1.165) is 0 Å². The fourth-order valence-electron chi connectivity index (χ4n) is 5.23.